The molecule has 0 spiro atoms. The molecule has 2 aromatic rings. The lowest BCUT2D eigenvalue weighted by Crippen LogP contribution is -2.13. The number of nitrogens with two attached hydrogens (primary N) is 1. The second kappa shape index (κ2) is 5.77. The first-order valence-electron chi connectivity index (χ1n) is 5.95. The molecular formula is C13H11ClF3N3O. The average molecular weight is 318 g/mol. The molecule has 0 aliphatic carbocycles. The highest BCUT2D eigenvalue weighted by Gasteiger charge is 2.33. The van der Waals surface area contributed by atoms with Crippen LogP contribution in [0.3, 0.4) is 0 Å². The molecular weight excluding hydrogens is 307 g/mol. The molecule has 8 heteroatoms. The highest BCUT2D eigenvalue weighted by Crippen LogP contribution is 2.36. The topological polar surface area (TPSA) is 60.9 Å². The van der Waals surface area contributed by atoms with Crippen LogP contribution in [-0.4, -0.2) is 15.7 Å². The molecule has 112 valence electrons. The highest BCUT2D eigenvalue weighted by molar-refractivity contribution is 6.31. The number of primary amides is 1. The fourth-order valence-electron chi connectivity index (χ4n) is 1.78. The Morgan fingerprint density at radius 3 is 2.62 bits per heavy atom. The van der Waals surface area contributed by atoms with Gasteiger partial charge >= 0.3 is 6.18 Å². The molecule has 0 radical (unpaired) electrons. The SMILES string of the molecule is NC(=O)CCn1cc(-c2ccc(C(F)(F)F)c(Cl)c2)cn1. The fraction of sp³-hybridized carbons (Fsp3) is 0.231. The van der Waals surface area contributed by atoms with Gasteiger partial charge in [0.25, 0.3) is 0 Å². The predicted octanol–water partition coefficient (Wildman–Crippen LogP) is 3.10. The summed E-state index contributed by atoms with van der Waals surface area (Å²) < 4.78 is 39.3. The third kappa shape index (κ3) is 3.75. The summed E-state index contributed by atoms with van der Waals surface area (Å²) in [6, 6.07) is 3.49. The largest absolute Gasteiger partial charge is 0.417 e. The van der Waals surface area contributed by atoms with Gasteiger partial charge in [-0.2, -0.15) is 18.3 Å². The van der Waals surface area contributed by atoms with Gasteiger partial charge < -0.3 is 5.73 Å². The van der Waals surface area contributed by atoms with E-state index in [9.17, 15) is 18.0 Å². The number of amides is 1. The molecule has 21 heavy (non-hydrogen) atoms. The van der Waals surface area contributed by atoms with Crippen LogP contribution in [0.4, 0.5) is 13.2 Å². The number of rotatable bonds is 4. The Hall–Kier alpha value is -2.02. The number of hydrogen-bond donors (Lipinski definition) is 1. The minimum atomic E-state index is -4.48. The second-order valence-electron chi connectivity index (χ2n) is 4.40. The molecule has 2 rings (SSSR count). The van der Waals surface area contributed by atoms with E-state index in [2.05, 4.69) is 5.10 Å². The molecule has 0 aliphatic rings. The van der Waals surface area contributed by atoms with Crippen molar-refractivity contribution in [1.29, 1.82) is 0 Å². The molecule has 2 N–H and O–H groups in total. The zero-order valence-electron chi connectivity index (χ0n) is 10.7. The van der Waals surface area contributed by atoms with Gasteiger partial charge in [0, 0.05) is 24.7 Å². The average Bonchev–Trinajstić information content (AvgIpc) is 2.83. The lowest BCUT2D eigenvalue weighted by Gasteiger charge is -2.09. The van der Waals surface area contributed by atoms with Crippen molar-refractivity contribution in [2.24, 2.45) is 5.73 Å². The Bertz CT molecular complexity index is 667. The molecule has 1 aromatic heterocycles. The van der Waals surface area contributed by atoms with Gasteiger partial charge in [-0.15, -0.1) is 0 Å². The van der Waals surface area contributed by atoms with Crippen molar-refractivity contribution in [3.8, 4) is 11.1 Å². The number of halogens is 4. The van der Waals surface area contributed by atoms with Crippen LogP contribution in [0.5, 0.6) is 0 Å². The summed E-state index contributed by atoms with van der Waals surface area (Å²) in [5.41, 5.74) is 5.27. The lowest BCUT2D eigenvalue weighted by molar-refractivity contribution is -0.137. The van der Waals surface area contributed by atoms with Crippen LogP contribution in [0.1, 0.15) is 12.0 Å². The van der Waals surface area contributed by atoms with Crippen LogP contribution in [-0.2, 0) is 17.5 Å². The highest BCUT2D eigenvalue weighted by atomic mass is 35.5. The molecule has 0 unspecified atom stereocenters. The number of alkyl halides is 3. The van der Waals surface area contributed by atoms with Gasteiger partial charge in [-0.25, -0.2) is 0 Å². The number of benzene rings is 1. The monoisotopic (exact) mass is 317 g/mol. The van der Waals surface area contributed by atoms with Crippen molar-refractivity contribution in [2.75, 3.05) is 0 Å². The Labute approximate surface area is 123 Å². The van der Waals surface area contributed by atoms with Crippen molar-refractivity contribution in [2.45, 2.75) is 19.1 Å². The summed E-state index contributed by atoms with van der Waals surface area (Å²) in [6.45, 7) is 0.309. The van der Waals surface area contributed by atoms with Gasteiger partial charge in [-0.1, -0.05) is 17.7 Å². The van der Waals surface area contributed by atoms with E-state index in [-0.39, 0.29) is 11.4 Å². The van der Waals surface area contributed by atoms with E-state index < -0.39 is 17.6 Å². The second-order valence-corrected chi connectivity index (χ2v) is 4.81. The fourth-order valence-corrected chi connectivity index (χ4v) is 2.07. The first-order chi connectivity index (χ1) is 9.77. The zero-order chi connectivity index (χ0) is 15.6. The van der Waals surface area contributed by atoms with Gasteiger partial charge in [-0.3, -0.25) is 9.48 Å². The molecule has 0 saturated heterocycles. The summed E-state index contributed by atoms with van der Waals surface area (Å²) >= 11 is 5.67. The maximum atomic E-state index is 12.6. The number of carbonyl (C=O) groups excluding carboxylic acids is 1. The van der Waals surface area contributed by atoms with E-state index >= 15 is 0 Å². The van der Waals surface area contributed by atoms with Crippen molar-refractivity contribution in [1.82, 2.24) is 9.78 Å². The Balaban J connectivity index is 2.23. The van der Waals surface area contributed by atoms with Gasteiger partial charge in [0.15, 0.2) is 0 Å². The molecule has 1 amide bonds. The molecule has 0 atom stereocenters. The van der Waals surface area contributed by atoms with Crippen LogP contribution in [0.25, 0.3) is 11.1 Å². The van der Waals surface area contributed by atoms with E-state index in [1.165, 1.54) is 23.0 Å². The predicted molar refractivity (Wildman–Crippen MR) is 71.5 cm³/mol. The maximum Gasteiger partial charge on any atom is 0.417 e. The molecule has 1 aromatic carbocycles. The first kappa shape index (κ1) is 15.4. The third-order valence-electron chi connectivity index (χ3n) is 2.83. The van der Waals surface area contributed by atoms with Crippen molar-refractivity contribution < 1.29 is 18.0 Å². The molecule has 1 heterocycles. The Morgan fingerprint density at radius 2 is 2.05 bits per heavy atom. The van der Waals surface area contributed by atoms with Crippen molar-refractivity contribution >= 4 is 17.5 Å². The quantitative estimate of drug-likeness (QED) is 0.942. The summed E-state index contributed by atoms with van der Waals surface area (Å²) in [5, 5.41) is 3.64. The van der Waals surface area contributed by atoms with Crippen LogP contribution >= 0.6 is 11.6 Å². The van der Waals surface area contributed by atoms with Crippen molar-refractivity contribution in [3.05, 3.63) is 41.2 Å². The summed E-state index contributed by atoms with van der Waals surface area (Å²) in [6.07, 6.45) is -1.25. The van der Waals surface area contributed by atoms with E-state index in [0.29, 0.717) is 17.7 Å². The van der Waals surface area contributed by atoms with Crippen LogP contribution < -0.4 is 5.73 Å². The number of carbonyl (C=O) groups is 1. The lowest BCUT2D eigenvalue weighted by atomic mass is 10.1. The molecule has 0 fully saturated rings. The van der Waals surface area contributed by atoms with Gasteiger partial charge in [0.2, 0.25) is 5.91 Å². The zero-order valence-corrected chi connectivity index (χ0v) is 11.4. The number of aryl methyl sites for hydroxylation is 1. The Morgan fingerprint density at radius 1 is 1.33 bits per heavy atom. The van der Waals surface area contributed by atoms with Gasteiger partial charge in [0.1, 0.15) is 0 Å². The minimum absolute atomic E-state index is 0.134. The van der Waals surface area contributed by atoms with Gasteiger partial charge in [-0.05, 0) is 17.7 Å². The van der Waals surface area contributed by atoms with Crippen molar-refractivity contribution in [3.63, 3.8) is 0 Å². The normalized spacial score (nSPS) is 11.6. The smallest absolute Gasteiger partial charge is 0.370 e. The van der Waals surface area contributed by atoms with E-state index in [0.717, 1.165) is 6.07 Å². The van der Waals surface area contributed by atoms with Crippen LogP contribution in [0.15, 0.2) is 30.6 Å². The summed E-state index contributed by atoms with van der Waals surface area (Å²) in [7, 11) is 0. The first-order valence-corrected chi connectivity index (χ1v) is 6.33. The number of nitrogens with zero attached hydrogens (tertiary/aromatic N) is 2. The summed E-state index contributed by atoms with van der Waals surface area (Å²) in [4.78, 5) is 10.7. The minimum Gasteiger partial charge on any atom is -0.370 e. The van der Waals surface area contributed by atoms with E-state index in [1.807, 2.05) is 0 Å². The Kier molecular flexibility index (Phi) is 4.22. The molecule has 4 nitrogen and oxygen atoms in total. The maximum absolute atomic E-state index is 12.6. The standard InChI is InChI=1S/C13H11ClF3N3O/c14-11-5-8(1-2-10(11)13(15,16)17)9-6-19-20(7-9)4-3-12(18)21/h1-2,5-7H,3-4H2,(H2,18,21). The third-order valence-corrected chi connectivity index (χ3v) is 3.14. The molecule has 0 aliphatic heterocycles. The van der Waals surface area contributed by atoms with Gasteiger partial charge in [0.05, 0.1) is 16.8 Å². The van der Waals surface area contributed by atoms with Crippen LogP contribution in [0, 0.1) is 0 Å². The van der Waals surface area contributed by atoms with E-state index in [1.54, 1.807) is 6.20 Å². The summed E-state index contributed by atoms with van der Waals surface area (Å²) in [5.74, 6) is -0.454. The van der Waals surface area contributed by atoms with Crippen LogP contribution in [0.2, 0.25) is 5.02 Å². The molecule has 0 saturated carbocycles. The number of aromatic nitrogens is 2. The number of hydrogen-bond acceptors (Lipinski definition) is 2. The molecule has 0 bridgehead atoms. The van der Waals surface area contributed by atoms with E-state index in [4.69, 9.17) is 17.3 Å².